The van der Waals surface area contributed by atoms with Gasteiger partial charge < -0.3 is 15.8 Å². The first-order valence-electron chi connectivity index (χ1n) is 5.51. The van der Waals surface area contributed by atoms with Crippen LogP contribution in [-0.4, -0.2) is 25.7 Å². The van der Waals surface area contributed by atoms with E-state index in [1.165, 1.54) is 5.56 Å². The molecule has 0 aromatic heterocycles. The van der Waals surface area contributed by atoms with E-state index in [1.54, 1.807) is 0 Å². The van der Waals surface area contributed by atoms with Gasteiger partial charge in [0, 0.05) is 30.6 Å². The number of benzene rings is 1. The van der Waals surface area contributed by atoms with Gasteiger partial charge in [0.05, 0.1) is 6.61 Å². The summed E-state index contributed by atoms with van der Waals surface area (Å²) in [5.74, 6) is 1.36. The fourth-order valence-corrected chi connectivity index (χ4v) is 2.11. The summed E-state index contributed by atoms with van der Waals surface area (Å²) < 4.78 is 5.61. The van der Waals surface area contributed by atoms with Crippen molar-refractivity contribution in [1.29, 1.82) is 0 Å². The Balaban J connectivity index is 2.25. The molecule has 0 radical (unpaired) electrons. The van der Waals surface area contributed by atoms with Crippen molar-refractivity contribution >= 4 is 0 Å². The van der Waals surface area contributed by atoms with Crippen molar-refractivity contribution in [3.63, 3.8) is 0 Å². The molecule has 3 nitrogen and oxygen atoms in total. The van der Waals surface area contributed by atoms with E-state index < -0.39 is 0 Å². The second-order valence-electron chi connectivity index (χ2n) is 3.90. The molecule has 82 valence electrons. The van der Waals surface area contributed by atoms with Crippen molar-refractivity contribution < 1.29 is 4.74 Å². The molecule has 3 heteroatoms. The third-order valence-corrected chi connectivity index (χ3v) is 2.88. The van der Waals surface area contributed by atoms with Crippen LogP contribution in [0.3, 0.4) is 0 Å². The molecule has 15 heavy (non-hydrogen) atoms. The molecule has 0 bridgehead atoms. The minimum absolute atomic E-state index is 0.201. The van der Waals surface area contributed by atoms with E-state index >= 15 is 0 Å². The van der Waals surface area contributed by atoms with E-state index in [0.717, 1.165) is 18.8 Å². The van der Waals surface area contributed by atoms with Crippen molar-refractivity contribution in [1.82, 2.24) is 5.32 Å². The number of para-hydroxylation sites is 1. The number of nitrogens with one attached hydrogen (secondary N) is 1. The van der Waals surface area contributed by atoms with E-state index in [1.807, 2.05) is 25.1 Å². The Hall–Kier alpha value is -1.06. The molecular weight excluding hydrogens is 188 g/mol. The smallest absolute Gasteiger partial charge is 0.122 e. The third kappa shape index (κ3) is 2.13. The molecular formula is C12H18N2O. The molecule has 1 heterocycles. The molecule has 0 aliphatic carbocycles. The van der Waals surface area contributed by atoms with Crippen LogP contribution in [0.1, 0.15) is 18.4 Å². The van der Waals surface area contributed by atoms with Gasteiger partial charge in [-0.2, -0.15) is 0 Å². The Morgan fingerprint density at radius 3 is 2.87 bits per heavy atom. The topological polar surface area (TPSA) is 47.3 Å². The Morgan fingerprint density at radius 2 is 2.20 bits per heavy atom. The zero-order valence-electron chi connectivity index (χ0n) is 9.07. The number of rotatable bonds is 3. The van der Waals surface area contributed by atoms with Crippen molar-refractivity contribution in [3.8, 4) is 5.75 Å². The Morgan fingerprint density at radius 1 is 1.40 bits per heavy atom. The van der Waals surface area contributed by atoms with Crippen LogP contribution in [0.2, 0.25) is 0 Å². The number of nitrogens with two attached hydrogens (primary N) is 1. The average Bonchev–Trinajstić information content (AvgIpc) is 2.66. The number of ether oxygens (including phenoxy) is 1. The summed E-state index contributed by atoms with van der Waals surface area (Å²) in [6.45, 7) is 4.55. The minimum atomic E-state index is 0.201. The van der Waals surface area contributed by atoms with Crippen LogP contribution in [0.4, 0.5) is 0 Å². The van der Waals surface area contributed by atoms with E-state index in [2.05, 4.69) is 11.4 Å². The molecule has 0 spiro atoms. The molecule has 1 aromatic rings. The van der Waals surface area contributed by atoms with E-state index in [9.17, 15) is 0 Å². The maximum atomic E-state index is 6.06. The molecule has 1 aromatic carbocycles. The molecule has 2 rings (SSSR count). The highest BCUT2D eigenvalue weighted by Crippen LogP contribution is 2.29. The molecule has 1 saturated heterocycles. The molecule has 1 aliphatic heterocycles. The second kappa shape index (κ2) is 4.64. The fraction of sp³-hybridized carbons (Fsp3) is 0.500. The average molecular weight is 206 g/mol. The molecule has 1 aliphatic rings. The Kier molecular flexibility index (Phi) is 3.23. The Labute approximate surface area is 90.6 Å². The monoisotopic (exact) mass is 206 g/mol. The summed E-state index contributed by atoms with van der Waals surface area (Å²) in [6.07, 6.45) is 0. The summed E-state index contributed by atoms with van der Waals surface area (Å²) in [5.41, 5.74) is 7.29. The summed E-state index contributed by atoms with van der Waals surface area (Å²) in [6, 6.07) is 8.38. The normalized spacial score (nSPS) is 25.5. The molecule has 0 unspecified atom stereocenters. The second-order valence-corrected chi connectivity index (χ2v) is 3.90. The number of hydrogen-bond donors (Lipinski definition) is 2. The third-order valence-electron chi connectivity index (χ3n) is 2.88. The number of hydrogen-bond acceptors (Lipinski definition) is 3. The molecule has 2 atom stereocenters. The molecule has 1 fully saturated rings. The standard InChI is InChI=1S/C12H18N2O/c1-2-15-12-6-4-3-5-9(12)10-7-14-8-11(10)13/h3-6,10-11,14H,2,7-8,13H2,1H3/t10-,11+/m0/s1. The van der Waals surface area contributed by atoms with Crippen LogP contribution in [0.25, 0.3) is 0 Å². The zero-order valence-corrected chi connectivity index (χ0v) is 9.07. The largest absolute Gasteiger partial charge is 0.494 e. The SMILES string of the molecule is CCOc1ccccc1[C@@H]1CNC[C@H]1N. The quantitative estimate of drug-likeness (QED) is 0.778. The van der Waals surface area contributed by atoms with Gasteiger partial charge in [0.25, 0.3) is 0 Å². The van der Waals surface area contributed by atoms with Crippen LogP contribution >= 0.6 is 0 Å². The van der Waals surface area contributed by atoms with Gasteiger partial charge in [0.2, 0.25) is 0 Å². The highest BCUT2D eigenvalue weighted by atomic mass is 16.5. The lowest BCUT2D eigenvalue weighted by Gasteiger charge is -2.18. The molecule has 0 saturated carbocycles. The lowest BCUT2D eigenvalue weighted by molar-refractivity contribution is 0.333. The molecule has 0 amide bonds. The first-order chi connectivity index (χ1) is 7.33. The summed E-state index contributed by atoms with van der Waals surface area (Å²) in [4.78, 5) is 0. The van der Waals surface area contributed by atoms with Crippen LogP contribution in [0, 0.1) is 0 Å². The van der Waals surface area contributed by atoms with E-state index in [4.69, 9.17) is 10.5 Å². The lowest BCUT2D eigenvalue weighted by Crippen LogP contribution is -2.27. The van der Waals surface area contributed by atoms with Gasteiger partial charge in [-0.1, -0.05) is 18.2 Å². The van der Waals surface area contributed by atoms with Crippen LogP contribution in [0.15, 0.2) is 24.3 Å². The van der Waals surface area contributed by atoms with Crippen LogP contribution in [-0.2, 0) is 0 Å². The van der Waals surface area contributed by atoms with E-state index in [0.29, 0.717) is 12.5 Å². The minimum Gasteiger partial charge on any atom is -0.494 e. The van der Waals surface area contributed by atoms with Crippen LogP contribution < -0.4 is 15.8 Å². The van der Waals surface area contributed by atoms with Crippen molar-refractivity contribution in [2.45, 2.75) is 18.9 Å². The predicted molar refractivity (Wildman–Crippen MR) is 61.2 cm³/mol. The first-order valence-corrected chi connectivity index (χ1v) is 5.51. The summed E-state index contributed by atoms with van der Waals surface area (Å²) in [5, 5.41) is 3.31. The van der Waals surface area contributed by atoms with Crippen LogP contribution in [0.5, 0.6) is 5.75 Å². The Bertz CT molecular complexity index is 327. The zero-order chi connectivity index (χ0) is 10.7. The van der Waals surface area contributed by atoms with Gasteiger partial charge in [0.15, 0.2) is 0 Å². The van der Waals surface area contributed by atoms with Gasteiger partial charge in [-0.25, -0.2) is 0 Å². The maximum absolute atomic E-state index is 6.06. The van der Waals surface area contributed by atoms with Crippen molar-refractivity contribution in [2.24, 2.45) is 5.73 Å². The predicted octanol–water partition coefficient (Wildman–Crippen LogP) is 1.10. The lowest BCUT2D eigenvalue weighted by atomic mass is 9.94. The maximum Gasteiger partial charge on any atom is 0.122 e. The summed E-state index contributed by atoms with van der Waals surface area (Å²) >= 11 is 0. The highest BCUT2D eigenvalue weighted by Gasteiger charge is 2.27. The van der Waals surface area contributed by atoms with Crippen molar-refractivity contribution in [3.05, 3.63) is 29.8 Å². The first kappa shape index (κ1) is 10.5. The summed E-state index contributed by atoms with van der Waals surface area (Å²) in [7, 11) is 0. The van der Waals surface area contributed by atoms with Crippen molar-refractivity contribution in [2.75, 3.05) is 19.7 Å². The molecule has 3 N–H and O–H groups in total. The van der Waals surface area contributed by atoms with Gasteiger partial charge in [-0.3, -0.25) is 0 Å². The highest BCUT2D eigenvalue weighted by molar-refractivity contribution is 5.38. The van der Waals surface area contributed by atoms with Gasteiger partial charge in [-0.05, 0) is 13.0 Å². The van der Waals surface area contributed by atoms with Gasteiger partial charge in [-0.15, -0.1) is 0 Å². The van der Waals surface area contributed by atoms with Gasteiger partial charge >= 0.3 is 0 Å². The van der Waals surface area contributed by atoms with Gasteiger partial charge in [0.1, 0.15) is 5.75 Å². The van der Waals surface area contributed by atoms with E-state index in [-0.39, 0.29) is 6.04 Å². The fourth-order valence-electron chi connectivity index (χ4n) is 2.11.